The molecule has 1 aromatic carbocycles. The van der Waals surface area contributed by atoms with E-state index in [-0.39, 0.29) is 17.7 Å². The SMILES string of the molecule is CC(C)C[C@H](O)C(=O)N1CCC2(CC1)Nc1ccccc1NC2=O. The maximum absolute atomic E-state index is 12.6. The molecular weight excluding hydrogens is 306 g/mol. The van der Waals surface area contributed by atoms with Crippen LogP contribution in [0.4, 0.5) is 11.4 Å². The number of piperidine rings is 1. The lowest BCUT2D eigenvalue weighted by molar-refractivity contribution is -0.143. The van der Waals surface area contributed by atoms with Crippen LogP contribution in [-0.4, -0.2) is 46.6 Å². The molecule has 2 amide bonds. The highest BCUT2D eigenvalue weighted by atomic mass is 16.3. The fourth-order valence-corrected chi connectivity index (χ4v) is 3.48. The van der Waals surface area contributed by atoms with Crippen LogP contribution in [0, 0.1) is 5.92 Å². The summed E-state index contributed by atoms with van der Waals surface area (Å²) in [6.45, 7) is 4.90. The summed E-state index contributed by atoms with van der Waals surface area (Å²) in [7, 11) is 0. The standard InChI is InChI=1S/C18H25N3O3/c1-12(2)11-15(22)16(23)21-9-7-18(8-10-21)17(24)19-13-5-3-4-6-14(13)20-18/h3-6,12,15,20,22H,7-11H2,1-2H3,(H,19,24)/t15-/m0/s1. The molecule has 3 N–H and O–H groups in total. The van der Waals surface area contributed by atoms with Crippen molar-refractivity contribution < 1.29 is 14.7 Å². The second kappa shape index (κ2) is 6.43. The Morgan fingerprint density at radius 2 is 1.88 bits per heavy atom. The summed E-state index contributed by atoms with van der Waals surface area (Å²) in [5.41, 5.74) is 1.03. The first-order valence-corrected chi connectivity index (χ1v) is 8.57. The van der Waals surface area contributed by atoms with Gasteiger partial charge < -0.3 is 20.6 Å². The van der Waals surface area contributed by atoms with Gasteiger partial charge in [-0.2, -0.15) is 0 Å². The van der Waals surface area contributed by atoms with E-state index in [2.05, 4.69) is 10.6 Å². The number of hydrogen-bond donors (Lipinski definition) is 3. The molecule has 1 aromatic rings. The molecule has 0 bridgehead atoms. The Labute approximate surface area is 142 Å². The number of para-hydroxylation sites is 2. The number of hydrogen-bond acceptors (Lipinski definition) is 4. The minimum absolute atomic E-state index is 0.0453. The Bertz CT molecular complexity index is 636. The summed E-state index contributed by atoms with van der Waals surface area (Å²) in [5.74, 6) is -0.00595. The molecule has 0 saturated carbocycles. The van der Waals surface area contributed by atoms with Gasteiger partial charge in [0.2, 0.25) is 5.91 Å². The highest BCUT2D eigenvalue weighted by Gasteiger charge is 2.45. The molecule has 6 nitrogen and oxygen atoms in total. The molecule has 0 aliphatic carbocycles. The molecule has 1 saturated heterocycles. The van der Waals surface area contributed by atoms with Crippen molar-refractivity contribution in [3.8, 4) is 0 Å². The Morgan fingerprint density at radius 1 is 1.25 bits per heavy atom. The van der Waals surface area contributed by atoms with Gasteiger partial charge in [-0.05, 0) is 37.3 Å². The molecular formula is C18H25N3O3. The molecule has 0 unspecified atom stereocenters. The summed E-state index contributed by atoms with van der Waals surface area (Å²) in [5, 5.41) is 16.4. The Balaban J connectivity index is 1.66. The zero-order chi connectivity index (χ0) is 17.3. The molecule has 1 spiro atoms. The number of nitrogens with one attached hydrogen (secondary N) is 2. The monoisotopic (exact) mass is 331 g/mol. The fourth-order valence-electron chi connectivity index (χ4n) is 3.48. The topological polar surface area (TPSA) is 81.7 Å². The molecule has 2 heterocycles. The largest absolute Gasteiger partial charge is 0.383 e. The lowest BCUT2D eigenvalue weighted by Gasteiger charge is -2.44. The molecule has 0 aromatic heterocycles. The van der Waals surface area contributed by atoms with Crippen molar-refractivity contribution in [2.45, 2.75) is 44.8 Å². The quantitative estimate of drug-likeness (QED) is 0.789. The van der Waals surface area contributed by atoms with E-state index in [9.17, 15) is 14.7 Å². The molecule has 0 radical (unpaired) electrons. The van der Waals surface area contributed by atoms with Crippen LogP contribution in [0.3, 0.4) is 0 Å². The van der Waals surface area contributed by atoms with Crippen molar-refractivity contribution in [2.75, 3.05) is 23.7 Å². The highest BCUT2D eigenvalue weighted by Crippen LogP contribution is 2.36. The number of carbonyl (C=O) groups is 2. The Morgan fingerprint density at radius 3 is 2.50 bits per heavy atom. The van der Waals surface area contributed by atoms with Gasteiger partial charge in [-0.1, -0.05) is 26.0 Å². The lowest BCUT2D eigenvalue weighted by atomic mass is 9.84. The summed E-state index contributed by atoms with van der Waals surface area (Å²) in [6, 6.07) is 7.63. The summed E-state index contributed by atoms with van der Waals surface area (Å²) < 4.78 is 0. The third-order valence-corrected chi connectivity index (χ3v) is 4.89. The van der Waals surface area contributed by atoms with Gasteiger partial charge in [0.15, 0.2) is 0 Å². The number of benzene rings is 1. The highest BCUT2D eigenvalue weighted by molar-refractivity contribution is 6.06. The van der Waals surface area contributed by atoms with Gasteiger partial charge >= 0.3 is 0 Å². The van der Waals surface area contributed by atoms with Gasteiger partial charge in [0.1, 0.15) is 11.6 Å². The summed E-state index contributed by atoms with van der Waals surface area (Å²) in [4.78, 5) is 26.6. The molecule has 1 atom stereocenters. The van der Waals surface area contributed by atoms with E-state index in [1.54, 1.807) is 4.90 Å². The molecule has 130 valence electrons. The van der Waals surface area contributed by atoms with Crippen molar-refractivity contribution in [3.63, 3.8) is 0 Å². The van der Waals surface area contributed by atoms with Gasteiger partial charge in [0.05, 0.1) is 11.4 Å². The van der Waals surface area contributed by atoms with Crippen molar-refractivity contribution in [3.05, 3.63) is 24.3 Å². The zero-order valence-electron chi connectivity index (χ0n) is 14.2. The first-order valence-electron chi connectivity index (χ1n) is 8.57. The van der Waals surface area contributed by atoms with Crippen molar-refractivity contribution in [1.29, 1.82) is 0 Å². The van der Waals surface area contributed by atoms with E-state index in [4.69, 9.17) is 0 Å². The smallest absolute Gasteiger partial charge is 0.251 e. The first-order chi connectivity index (χ1) is 11.4. The van der Waals surface area contributed by atoms with Crippen LogP contribution in [-0.2, 0) is 9.59 Å². The number of amides is 2. The van der Waals surface area contributed by atoms with E-state index >= 15 is 0 Å². The summed E-state index contributed by atoms with van der Waals surface area (Å²) >= 11 is 0. The predicted molar refractivity (Wildman–Crippen MR) is 92.7 cm³/mol. The van der Waals surface area contributed by atoms with Crippen molar-refractivity contribution in [2.24, 2.45) is 5.92 Å². The molecule has 2 aliphatic heterocycles. The number of rotatable bonds is 3. The van der Waals surface area contributed by atoms with Gasteiger partial charge in [0.25, 0.3) is 5.91 Å². The predicted octanol–water partition coefficient (Wildman–Crippen LogP) is 1.82. The van der Waals surface area contributed by atoms with Crippen LogP contribution in [0.25, 0.3) is 0 Å². The van der Waals surface area contributed by atoms with Gasteiger partial charge in [0, 0.05) is 13.1 Å². The number of likely N-dealkylation sites (tertiary alicyclic amines) is 1. The molecule has 3 rings (SSSR count). The van der Waals surface area contributed by atoms with Crippen molar-refractivity contribution >= 4 is 23.2 Å². The van der Waals surface area contributed by atoms with Crippen LogP contribution in [0.2, 0.25) is 0 Å². The van der Waals surface area contributed by atoms with Gasteiger partial charge in [-0.3, -0.25) is 9.59 Å². The second-order valence-electron chi connectivity index (χ2n) is 7.18. The van der Waals surface area contributed by atoms with Gasteiger partial charge in [-0.15, -0.1) is 0 Å². The van der Waals surface area contributed by atoms with Crippen molar-refractivity contribution in [1.82, 2.24) is 4.90 Å². The van der Waals surface area contributed by atoms with E-state index < -0.39 is 11.6 Å². The molecule has 24 heavy (non-hydrogen) atoms. The van der Waals surface area contributed by atoms with Crippen LogP contribution >= 0.6 is 0 Å². The first kappa shape index (κ1) is 16.8. The minimum atomic E-state index is -0.951. The third kappa shape index (κ3) is 3.11. The molecule has 1 fully saturated rings. The number of aliphatic hydroxyl groups excluding tert-OH is 1. The van der Waals surface area contributed by atoms with E-state index in [0.29, 0.717) is 32.4 Å². The maximum atomic E-state index is 12.6. The average Bonchev–Trinajstić information content (AvgIpc) is 2.55. The number of anilines is 2. The van der Waals surface area contributed by atoms with Crippen LogP contribution in [0.5, 0.6) is 0 Å². The van der Waals surface area contributed by atoms with Gasteiger partial charge in [-0.25, -0.2) is 0 Å². The number of nitrogens with zero attached hydrogens (tertiary/aromatic N) is 1. The van der Waals surface area contributed by atoms with Crippen LogP contribution in [0.1, 0.15) is 33.1 Å². The normalized spacial score (nSPS) is 20.3. The third-order valence-electron chi connectivity index (χ3n) is 4.89. The maximum Gasteiger partial charge on any atom is 0.251 e. The lowest BCUT2D eigenvalue weighted by Crippen LogP contribution is -2.59. The second-order valence-corrected chi connectivity index (χ2v) is 7.18. The summed E-state index contributed by atoms with van der Waals surface area (Å²) in [6.07, 6.45) is 0.584. The fraction of sp³-hybridized carbons (Fsp3) is 0.556. The van der Waals surface area contributed by atoms with E-state index in [1.807, 2.05) is 38.1 Å². The Kier molecular flexibility index (Phi) is 4.49. The Hall–Kier alpha value is -2.08. The minimum Gasteiger partial charge on any atom is -0.383 e. The molecule has 6 heteroatoms. The number of fused-ring (bicyclic) bond motifs is 1. The average molecular weight is 331 g/mol. The number of carbonyl (C=O) groups excluding carboxylic acids is 2. The number of aliphatic hydroxyl groups is 1. The van der Waals surface area contributed by atoms with E-state index in [1.165, 1.54) is 0 Å². The zero-order valence-corrected chi connectivity index (χ0v) is 14.2. The van der Waals surface area contributed by atoms with E-state index in [0.717, 1.165) is 11.4 Å². The molecule has 2 aliphatic rings. The van der Waals surface area contributed by atoms with Crippen LogP contribution < -0.4 is 10.6 Å². The van der Waals surface area contributed by atoms with Crippen LogP contribution in [0.15, 0.2) is 24.3 Å².